The predicted octanol–water partition coefficient (Wildman–Crippen LogP) is 2.23. The molecule has 1 aromatic carbocycles. The van der Waals surface area contributed by atoms with Crippen LogP contribution in [0.25, 0.3) is 0 Å². The topological polar surface area (TPSA) is 81.1 Å². The highest BCUT2D eigenvalue weighted by atomic mass is 16.5. The molecule has 0 bridgehead atoms. The second-order valence-corrected chi connectivity index (χ2v) is 7.69. The summed E-state index contributed by atoms with van der Waals surface area (Å²) in [5, 5.41) is 14.7. The summed E-state index contributed by atoms with van der Waals surface area (Å²) in [7, 11) is 0. The van der Waals surface area contributed by atoms with Gasteiger partial charge in [0, 0.05) is 12.0 Å². The molecule has 0 spiro atoms. The minimum absolute atomic E-state index is 0.105. The third kappa shape index (κ3) is 3.44. The molecule has 4 rings (SSSR count). The summed E-state index contributed by atoms with van der Waals surface area (Å²) in [6, 6.07) is 8.07. The molecule has 2 aromatic rings. The van der Waals surface area contributed by atoms with Gasteiger partial charge < -0.3 is 15.4 Å². The highest BCUT2D eigenvalue weighted by molar-refractivity contribution is 5.92. The Morgan fingerprint density at radius 1 is 1.31 bits per heavy atom. The zero-order valence-corrected chi connectivity index (χ0v) is 15.2. The summed E-state index contributed by atoms with van der Waals surface area (Å²) < 4.78 is 7.86. The van der Waals surface area contributed by atoms with Crippen LogP contribution >= 0.6 is 0 Å². The molecular formula is C19H25N5O2. The van der Waals surface area contributed by atoms with Crippen molar-refractivity contribution in [3.8, 4) is 5.75 Å². The first-order chi connectivity index (χ1) is 12.5. The first-order valence-electron chi connectivity index (χ1n) is 9.23. The summed E-state index contributed by atoms with van der Waals surface area (Å²) in [5.74, 6) is 0.634. The van der Waals surface area contributed by atoms with E-state index in [0.717, 1.165) is 37.2 Å². The van der Waals surface area contributed by atoms with Gasteiger partial charge in [0.1, 0.15) is 11.4 Å². The summed E-state index contributed by atoms with van der Waals surface area (Å²) in [4.78, 5) is 12.7. The second kappa shape index (κ2) is 6.72. The molecular weight excluding hydrogens is 330 g/mol. The van der Waals surface area contributed by atoms with Crippen LogP contribution in [0.1, 0.15) is 61.2 Å². The normalized spacial score (nSPS) is 22.3. The largest absolute Gasteiger partial charge is 0.487 e. The molecule has 7 nitrogen and oxygen atoms in total. The number of fused-ring (bicyclic) bond motifs is 1. The zero-order chi connectivity index (χ0) is 18.1. The molecule has 1 aromatic heterocycles. The number of nitrogens with one attached hydrogen (secondary N) is 2. The van der Waals surface area contributed by atoms with Gasteiger partial charge in [-0.1, -0.05) is 23.4 Å². The molecule has 0 unspecified atom stereocenters. The molecule has 0 radical (unpaired) electrons. The van der Waals surface area contributed by atoms with Gasteiger partial charge in [0.15, 0.2) is 5.69 Å². The Morgan fingerprint density at radius 2 is 2.08 bits per heavy atom. The van der Waals surface area contributed by atoms with Crippen molar-refractivity contribution in [1.29, 1.82) is 0 Å². The maximum atomic E-state index is 12.7. The molecule has 2 aliphatic rings. The molecule has 0 saturated carbocycles. The molecule has 7 heteroatoms. The summed E-state index contributed by atoms with van der Waals surface area (Å²) in [6.07, 6.45) is 4.48. The molecule has 1 saturated heterocycles. The van der Waals surface area contributed by atoms with Crippen LogP contribution in [-0.2, 0) is 0 Å². The van der Waals surface area contributed by atoms with Crippen LogP contribution in [-0.4, -0.2) is 39.6 Å². The van der Waals surface area contributed by atoms with E-state index in [4.69, 9.17) is 4.74 Å². The fourth-order valence-electron chi connectivity index (χ4n) is 3.79. The van der Waals surface area contributed by atoms with Crippen molar-refractivity contribution < 1.29 is 9.53 Å². The van der Waals surface area contributed by atoms with Crippen molar-refractivity contribution in [2.45, 2.75) is 50.8 Å². The Kier molecular flexibility index (Phi) is 4.40. The lowest BCUT2D eigenvalue weighted by molar-refractivity contribution is 0.0618. The number of aromatic nitrogens is 3. The van der Waals surface area contributed by atoms with Gasteiger partial charge in [-0.2, -0.15) is 0 Å². The van der Waals surface area contributed by atoms with Crippen molar-refractivity contribution >= 4 is 5.91 Å². The fraction of sp³-hybridized carbons (Fsp3) is 0.526. The molecule has 2 aliphatic heterocycles. The first kappa shape index (κ1) is 17.0. The van der Waals surface area contributed by atoms with Gasteiger partial charge in [0.25, 0.3) is 5.91 Å². The SMILES string of the molecule is CC1(C)C[C@H](NC(=O)c2cn(C3CCNCC3)nn2)c2ccccc2O1. The summed E-state index contributed by atoms with van der Waals surface area (Å²) >= 11 is 0. The average Bonchev–Trinajstić information content (AvgIpc) is 3.12. The van der Waals surface area contributed by atoms with Crippen LogP contribution in [0.5, 0.6) is 5.75 Å². The Hall–Kier alpha value is -2.41. The number of para-hydroxylation sites is 1. The van der Waals surface area contributed by atoms with Crippen molar-refractivity contribution in [2.24, 2.45) is 0 Å². The minimum atomic E-state index is -0.334. The molecule has 1 atom stereocenters. The van der Waals surface area contributed by atoms with E-state index < -0.39 is 0 Å². The summed E-state index contributed by atoms with van der Waals surface area (Å²) in [6.45, 7) is 6.02. The van der Waals surface area contributed by atoms with Crippen molar-refractivity contribution in [1.82, 2.24) is 25.6 Å². The van der Waals surface area contributed by atoms with Crippen LogP contribution in [0.2, 0.25) is 0 Å². The number of nitrogens with zero attached hydrogens (tertiary/aromatic N) is 3. The third-order valence-electron chi connectivity index (χ3n) is 5.11. The number of carbonyl (C=O) groups excluding carboxylic acids is 1. The second-order valence-electron chi connectivity index (χ2n) is 7.69. The number of benzene rings is 1. The highest BCUT2D eigenvalue weighted by Gasteiger charge is 2.34. The van der Waals surface area contributed by atoms with E-state index >= 15 is 0 Å². The quantitative estimate of drug-likeness (QED) is 0.882. The van der Waals surface area contributed by atoms with Crippen LogP contribution < -0.4 is 15.4 Å². The van der Waals surface area contributed by atoms with Gasteiger partial charge in [0.05, 0.1) is 18.3 Å². The van der Waals surface area contributed by atoms with Crippen molar-refractivity contribution in [3.05, 3.63) is 41.7 Å². The Labute approximate surface area is 153 Å². The van der Waals surface area contributed by atoms with Gasteiger partial charge in [0.2, 0.25) is 0 Å². The number of hydrogen-bond donors (Lipinski definition) is 2. The maximum Gasteiger partial charge on any atom is 0.273 e. The van der Waals surface area contributed by atoms with Crippen molar-refractivity contribution in [2.75, 3.05) is 13.1 Å². The average molecular weight is 355 g/mol. The Morgan fingerprint density at radius 3 is 2.88 bits per heavy atom. The van der Waals surface area contributed by atoms with E-state index in [1.54, 1.807) is 6.20 Å². The van der Waals surface area contributed by atoms with Gasteiger partial charge in [-0.25, -0.2) is 4.68 Å². The van der Waals surface area contributed by atoms with Crippen LogP contribution in [0, 0.1) is 0 Å². The lowest BCUT2D eigenvalue weighted by atomic mass is 9.89. The molecule has 2 N–H and O–H groups in total. The van der Waals surface area contributed by atoms with Crippen LogP contribution in [0.3, 0.4) is 0 Å². The fourth-order valence-corrected chi connectivity index (χ4v) is 3.79. The molecule has 1 fully saturated rings. The monoisotopic (exact) mass is 355 g/mol. The lowest BCUT2D eigenvalue weighted by Crippen LogP contribution is -2.41. The molecule has 138 valence electrons. The predicted molar refractivity (Wildman–Crippen MR) is 97.1 cm³/mol. The van der Waals surface area contributed by atoms with Gasteiger partial charge >= 0.3 is 0 Å². The standard InChI is InChI=1S/C19H25N5O2/c1-19(2)11-15(14-5-3-4-6-17(14)26-19)21-18(25)16-12-24(23-22-16)13-7-9-20-10-8-13/h3-6,12-13,15,20H,7-11H2,1-2H3,(H,21,25)/t15-/m0/s1. The summed E-state index contributed by atoms with van der Waals surface area (Å²) in [5.41, 5.74) is 1.04. The number of ether oxygens (including phenoxy) is 1. The smallest absolute Gasteiger partial charge is 0.273 e. The van der Waals surface area contributed by atoms with Gasteiger partial charge in [-0.3, -0.25) is 4.79 Å². The molecule has 1 amide bonds. The number of carbonyl (C=O) groups is 1. The van der Waals surface area contributed by atoms with E-state index in [2.05, 4.69) is 20.9 Å². The third-order valence-corrected chi connectivity index (χ3v) is 5.11. The molecule has 3 heterocycles. The molecule has 0 aliphatic carbocycles. The minimum Gasteiger partial charge on any atom is -0.487 e. The van der Waals surface area contributed by atoms with E-state index in [-0.39, 0.29) is 17.6 Å². The number of amides is 1. The lowest BCUT2D eigenvalue weighted by Gasteiger charge is -2.37. The highest BCUT2D eigenvalue weighted by Crippen LogP contribution is 2.39. The van der Waals surface area contributed by atoms with E-state index in [0.29, 0.717) is 18.2 Å². The number of piperidine rings is 1. The van der Waals surface area contributed by atoms with Gasteiger partial charge in [-0.05, 0) is 45.8 Å². The molecule has 26 heavy (non-hydrogen) atoms. The number of hydrogen-bond acceptors (Lipinski definition) is 5. The Balaban J connectivity index is 1.50. The zero-order valence-electron chi connectivity index (χ0n) is 15.2. The van der Waals surface area contributed by atoms with Gasteiger partial charge in [-0.15, -0.1) is 5.10 Å². The van der Waals surface area contributed by atoms with Crippen LogP contribution in [0.4, 0.5) is 0 Å². The van der Waals surface area contributed by atoms with E-state index in [9.17, 15) is 4.79 Å². The Bertz CT molecular complexity index is 795. The van der Waals surface area contributed by atoms with Crippen molar-refractivity contribution in [3.63, 3.8) is 0 Å². The van der Waals surface area contributed by atoms with E-state index in [1.165, 1.54) is 0 Å². The first-order valence-corrected chi connectivity index (χ1v) is 9.23. The van der Waals surface area contributed by atoms with E-state index in [1.807, 2.05) is 42.8 Å². The number of rotatable bonds is 3. The maximum absolute atomic E-state index is 12.7. The van der Waals surface area contributed by atoms with Crippen LogP contribution in [0.15, 0.2) is 30.5 Å².